The number of benzene rings is 1. The third-order valence-corrected chi connectivity index (χ3v) is 4.68. The number of amides is 2. The van der Waals surface area contributed by atoms with Crippen molar-refractivity contribution in [1.82, 2.24) is 20.6 Å². The standard InChI is InChI=1S/C22H26N4O2/c1-2-3-6-10-24-21(27)17-12-18(14-23-13-17)22(28)25-11-9-16-15-26-20-8-5-4-7-19(16)20/h4-5,7-8,12-15,26H,2-3,6,9-11H2,1H3,(H,24,27)(H,25,28). The molecule has 3 rings (SSSR count). The second-order valence-electron chi connectivity index (χ2n) is 6.79. The van der Waals surface area contributed by atoms with Crippen molar-refractivity contribution in [1.29, 1.82) is 0 Å². The summed E-state index contributed by atoms with van der Waals surface area (Å²) < 4.78 is 0. The molecule has 0 radical (unpaired) electrons. The predicted molar refractivity (Wildman–Crippen MR) is 110 cm³/mol. The monoisotopic (exact) mass is 378 g/mol. The first-order valence-electron chi connectivity index (χ1n) is 9.75. The highest BCUT2D eigenvalue weighted by Crippen LogP contribution is 2.17. The second-order valence-corrected chi connectivity index (χ2v) is 6.79. The van der Waals surface area contributed by atoms with Gasteiger partial charge in [0.05, 0.1) is 11.1 Å². The lowest BCUT2D eigenvalue weighted by Gasteiger charge is -2.07. The number of para-hydroxylation sites is 1. The van der Waals surface area contributed by atoms with Gasteiger partial charge in [0.25, 0.3) is 11.8 Å². The fourth-order valence-electron chi connectivity index (χ4n) is 3.12. The molecule has 6 heteroatoms. The number of nitrogens with one attached hydrogen (secondary N) is 3. The molecule has 0 saturated carbocycles. The maximum atomic E-state index is 12.4. The lowest BCUT2D eigenvalue weighted by molar-refractivity contribution is 0.0952. The molecule has 6 nitrogen and oxygen atoms in total. The average molecular weight is 378 g/mol. The summed E-state index contributed by atoms with van der Waals surface area (Å²) in [5.41, 5.74) is 3.04. The first-order chi connectivity index (χ1) is 13.7. The Kier molecular flexibility index (Phi) is 6.78. The molecule has 3 aromatic rings. The number of pyridine rings is 1. The van der Waals surface area contributed by atoms with Crippen LogP contribution in [0.15, 0.2) is 48.9 Å². The molecule has 28 heavy (non-hydrogen) atoms. The van der Waals surface area contributed by atoms with Crippen molar-refractivity contribution in [3.8, 4) is 0 Å². The van der Waals surface area contributed by atoms with Gasteiger partial charge in [0.1, 0.15) is 0 Å². The number of rotatable bonds is 9. The van der Waals surface area contributed by atoms with Crippen molar-refractivity contribution in [2.45, 2.75) is 32.6 Å². The van der Waals surface area contributed by atoms with Crippen molar-refractivity contribution in [2.24, 2.45) is 0 Å². The fraction of sp³-hybridized carbons (Fsp3) is 0.318. The molecule has 0 spiro atoms. The van der Waals surface area contributed by atoms with E-state index < -0.39 is 0 Å². The molecular weight excluding hydrogens is 352 g/mol. The number of unbranched alkanes of at least 4 members (excludes halogenated alkanes) is 2. The summed E-state index contributed by atoms with van der Waals surface area (Å²) in [4.78, 5) is 31.9. The Morgan fingerprint density at radius 2 is 1.71 bits per heavy atom. The number of aromatic nitrogens is 2. The zero-order valence-electron chi connectivity index (χ0n) is 16.1. The molecule has 0 saturated heterocycles. The quantitative estimate of drug-likeness (QED) is 0.498. The van der Waals surface area contributed by atoms with E-state index in [0.29, 0.717) is 24.2 Å². The molecule has 0 fully saturated rings. The van der Waals surface area contributed by atoms with E-state index in [1.165, 1.54) is 17.8 Å². The van der Waals surface area contributed by atoms with Crippen LogP contribution in [0, 0.1) is 0 Å². The summed E-state index contributed by atoms with van der Waals surface area (Å²) in [7, 11) is 0. The Balaban J connectivity index is 1.53. The van der Waals surface area contributed by atoms with Gasteiger partial charge in [-0.1, -0.05) is 38.0 Å². The molecule has 2 aromatic heterocycles. The van der Waals surface area contributed by atoms with Gasteiger partial charge in [0.2, 0.25) is 0 Å². The molecule has 0 unspecified atom stereocenters. The molecule has 0 aliphatic carbocycles. The predicted octanol–water partition coefficient (Wildman–Crippen LogP) is 3.46. The molecule has 0 atom stereocenters. The van der Waals surface area contributed by atoms with Crippen LogP contribution in [0.4, 0.5) is 0 Å². The topological polar surface area (TPSA) is 86.9 Å². The number of hydrogen-bond donors (Lipinski definition) is 3. The first kappa shape index (κ1) is 19.6. The van der Waals surface area contributed by atoms with E-state index in [0.717, 1.165) is 36.8 Å². The molecule has 3 N–H and O–H groups in total. The highest BCUT2D eigenvalue weighted by molar-refractivity contribution is 5.99. The van der Waals surface area contributed by atoms with Crippen LogP contribution in [0.25, 0.3) is 10.9 Å². The van der Waals surface area contributed by atoms with Gasteiger partial charge in [-0.05, 0) is 30.5 Å². The number of carbonyl (C=O) groups excluding carboxylic acids is 2. The average Bonchev–Trinajstić information content (AvgIpc) is 3.14. The molecule has 146 valence electrons. The Labute approximate surface area is 164 Å². The summed E-state index contributed by atoms with van der Waals surface area (Å²) in [6.07, 6.45) is 8.79. The number of fused-ring (bicyclic) bond motifs is 1. The Morgan fingerprint density at radius 3 is 2.46 bits per heavy atom. The first-order valence-corrected chi connectivity index (χ1v) is 9.75. The second kappa shape index (κ2) is 9.69. The molecule has 1 aromatic carbocycles. The van der Waals surface area contributed by atoms with E-state index in [1.54, 1.807) is 6.07 Å². The van der Waals surface area contributed by atoms with Gasteiger partial charge in [-0.25, -0.2) is 0 Å². The van der Waals surface area contributed by atoms with Crippen LogP contribution in [0.5, 0.6) is 0 Å². The van der Waals surface area contributed by atoms with Crippen molar-refractivity contribution in [3.05, 3.63) is 65.6 Å². The lowest BCUT2D eigenvalue weighted by Crippen LogP contribution is -2.27. The van der Waals surface area contributed by atoms with Crippen LogP contribution < -0.4 is 10.6 Å². The number of H-pyrrole nitrogens is 1. The van der Waals surface area contributed by atoms with Gasteiger partial charge >= 0.3 is 0 Å². The number of aromatic amines is 1. The lowest BCUT2D eigenvalue weighted by atomic mass is 10.1. The van der Waals surface area contributed by atoms with Gasteiger partial charge in [0.15, 0.2) is 0 Å². The van der Waals surface area contributed by atoms with Crippen LogP contribution in [0.3, 0.4) is 0 Å². The number of hydrogen-bond acceptors (Lipinski definition) is 3. The van der Waals surface area contributed by atoms with E-state index in [4.69, 9.17) is 0 Å². The van der Waals surface area contributed by atoms with Crippen LogP contribution in [0.1, 0.15) is 52.5 Å². The van der Waals surface area contributed by atoms with E-state index in [9.17, 15) is 9.59 Å². The van der Waals surface area contributed by atoms with Gasteiger partial charge in [-0.2, -0.15) is 0 Å². The minimum absolute atomic E-state index is 0.197. The maximum absolute atomic E-state index is 12.4. The van der Waals surface area contributed by atoms with Crippen LogP contribution in [-0.2, 0) is 6.42 Å². The molecule has 0 aliphatic rings. The van der Waals surface area contributed by atoms with E-state index >= 15 is 0 Å². The normalized spacial score (nSPS) is 10.8. The molecule has 0 aliphatic heterocycles. The van der Waals surface area contributed by atoms with Crippen LogP contribution >= 0.6 is 0 Å². The van der Waals surface area contributed by atoms with Crippen molar-refractivity contribution in [3.63, 3.8) is 0 Å². The summed E-state index contributed by atoms with van der Waals surface area (Å²) >= 11 is 0. The summed E-state index contributed by atoms with van der Waals surface area (Å²) in [5.74, 6) is -0.426. The Morgan fingerprint density at radius 1 is 1.00 bits per heavy atom. The number of nitrogens with zero attached hydrogens (tertiary/aromatic N) is 1. The van der Waals surface area contributed by atoms with Gasteiger partial charge in [-0.3, -0.25) is 14.6 Å². The Hall–Kier alpha value is -3.15. The van der Waals surface area contributed by atoms with Crippen molar-refractivity contribution >= 4 is 22.7 Å². The van der Waals surface area contributed by atoms with Gasteiger partial charge < -0.3 is 15.6 Å². The molecule has 2 amide bonds. The van der Waals surface area contributed by atoms with Gasteiger partial charge in [-0.15, -0.1) is 0 Å². The summed E-state index contributed by atoms with van der Waals surface area (Å²) in [6.45, 7) is 3.26. The maximum Gasteiger partial charge on any atom is 0.252 e. The van der Waals surface area contributed by atoms with E-state index in [1.807, 2.05) is 24.4 Å². The fourth-order valence-corrected chi connectivity index (χ4v) is 3.12. The van der Waals surface area contributed by atoms with E-state index in [-0.39, 0.29) is 11.8 Å². The zero-order valence-corrected chi connectivity index (χ0v) is 16.1. The Bertz CT molecular complexity index is 948. The van der Waals surface area contributed by atoms with Crippen molar-refractivity contribution in [2.75, 3.05) is 13.1 Å². The summed E-state index contributed by atoms with van der Waals surface area (Å²) in [5, 5.41) is 6.93. The number of carbonyl (C=O) groups is 2. The van der Waals surface area contributed by atoms with Crippen molar-refractivity contribution < 1.29 is 9.59 Å². The van der Waals surface area contributed by atoms with Crippen LogP contribution in [-0.4, -0.2) is 34.9 Å². The third-order valence-electron chi connectivity index (χ3n) is 4.68. The smallest absolute Gasteiger partial charge is 0.252 e. The highest BCUT2D eigenvalue weighted by atomic mass is 16.2. The van der Waals surface area contributed by atoms with Gasteiger partial charge in [0, 0.05) is 42.6 Å². The minimum Gasteiger partial charge on any atom is -0.361 e. The highest BCUT2D eigenvalue weighted by Gasteiger charge is 2.11. The minimum atomic E-state index is -0.229. The van der Waals surface area contributed by atoms with E-state index in [2.05, 4.69) is 33.6 Å². The van der Waals surface area contributed by atoms with Crippen LogP contribution in [0.2, 0.25) is 0 Å². The summed E-state index contributed by atoms with van der Waals surface area (Å²) in [6, 6.07) is 9.67. The molecule has 2 heterocycles. The zero-order chi connectivity index (χ0) is 19.8. The SMILES string of the molecule is CCCCCNC(=O)c1cncc(C(=O)NCCc2c[nH]c3ccccc23)c1. The largest absolute Gasteiger partial charge is 0.361 e. The third kappa shape index (κ3) is 4.97. The molecule has 0 bridgehead atoms. The molecular formula is C22H26N4O2.